The van der Waals surface area contributed by atoms with Crippen LogP contribution in [0.2, 0.25) is 0 Å². The van der Waals surface area contributed by atoms with Crippen LogP contribution in [0.3, 0.4) is 0 Å². The average molecular weight is 338 g/mol. The summed E-state index contributed by atoms with van der Waals surface area (Å²) in [7, 11) is 0. The minimum absolute atomic E-state index is 0.217. The molecule has 2 aromatic rings. The predicted molar refractivity (Wildman–Crippen MR) is 92.2 cm³/mol. The minimum Gasteiger partial charge on any atom is -0.481 e. The quantitative estimate of drug-likeness (QED) is 0.475. The molecular formula is C20H18O5. The molecule has 0 aromatic heterocycles. The van der Waals surface area contributed by atoms with Crippen molar-refractivity contribution in [2.24, 2.45) is 0 Å². The molecule has 5 nitrogen and oxygen atoms in total. The first-order chi connectivity index (χ1) is 11.9. The Hall–Kier alpha value is -3.21. The lowest BCUT2D eigenvalue weighted by molar-refractivity contribution is -0.145. The number of carbonyl (C=O) groups excluding carboxylic acids is 2. The van der Waals surface area contributed by atoms with Gasteiger partial charge < -0.3 is 9.84 Å². The molecule has 25 heavy (non-hydrogen) atoms. The highest BCUT2D eigenvalue weighted by molar-refractivity contribution is 6.02. The van der Waals surface area contributed by atoms with Crippen LogP contribution in [0.5, 0.6) is 0 Å². The third kappa shape index (κ3) is 4.88. The Morgan fingerprint density at radius 3 is 2.20 bits per heavy atom. The van der Waals surface area contributed by atoms with Gasteiger partial charge in [0.2, 0.25) is 5.78 Å². The highest BCUT2D eigenvalue weighted by Gasteiger charge is 2.27. The number of benzene rings is 2. The van der Waals surface area contributed by atoms with E-state index in [2.05, 4.69) is 6.58 Å². The molecule has 0 aliphatic carbocycles. The molecule has 0 saturated heterocycles. The molecule has 2 rings (SSSR count). The fraction of sp³-hybridized carbons (Fsp3) is 0.150. The van der Waals surface area contributed by atoms with Crippen LogP contribution in [0.15, 0.2) is 66.7 Å². The van der Waals surface area contributed by atoms with Crippen molar-refractivity contribution in [2.75, 3.05) is 0 Å². The topological polar surface area (TPSA) is 80.7 Å². The number of ketones is 1. The Kier molecular flexibility index (Phi) is 5.84. The zero-order valence-electron chi connectivity index (χ0n) is 13.8. The van der Waals surface area contributed by atoms with Gasteiger partial charge in [-0.05, 0) is 6.92 Å². The van der Waals surface area contributed by atoms with Gasteiger partial charge in [0, 0.05) is 16.7 Å². The Bertz CT molecular complexity index is 791. The van der Waals surface area contributed by atoms with E-state index in [0.29, 0.717) is 11.1 Å². The maximum absolute atomic E-state index is 12.8. The van der Waals surface area contributed by atoms with E-state index in [1.807, 2.05) is 6.92 Å². The summed E-state index contributed by atoms with van der Waals surface area (Å²) in [5, 5.41) is 8.77. The molecule has 0 amide bonds. The standard InChI is InChI=1S/C20H18O5/c1-13-8-10-16(11-9-13)19(18(23)15-6-4-3-5-7-15)25-20(24)14(2)12-17(21)22/h3-11,19H,2,12H2,1H3,(H,21,22). The van der Waals surface area contributed by atoms with Crippen LogP contribution in [0, 0.1) is 6.92 Å². The third-order valence-electron chi connectivity index (χ3n) is 3.55. The Morgan fingerprint density at radius 1 is 1.04 bits per heavy atom. The first-order valence-corrected chi connectivity index (χ1v) is 7.65. The fourth-order valence-electron chi connectivity index (χ4n) is 2.21. The number of hydrogen-bond acceptors (Lipinski definition) is 4. The number of aryl methyl sites for hydroxylation is 1. The van der Waals surface area contributed by atoms with E-state index in [9.17, 15) is 14.4 Å². The Labute approximate surface area is 145 Å². The smallest absolute Gasteiger partial charge is 0.335 e. The second-order valence-corrected chi connectivity index (χ2v) is 5.60. The summed E-state index contributed by atoms with van der Waals surface area (Å²) in [6, 6.07) is 15.5. The molecule has 1 atom stereocenters. The number of carboxylic acid groups (broad SMARTS) is 1. The van der Waals surface area contributed by atoms with E-state index in [-0.39, 0.29) is 11.4 Å². The van der Waals surface area contributed by atoms with Crippen molar-refractivity contribution in [3.63, 3.8) is 0 Å². The molecule has 0 saturated carbocycles. The minimum atomic E-state index is -1.19. The maximum Gasteiger partial charge on any atom is 0.335 e. The molecule has 128 valence electrons. The van der Waals surface area contributed by atoms with Gasteiger partial charge in [-0.15, -0.1) is 0 Å². The lowest BCUT2D eigenvalue weighted by Crippen LogP contribution is -2.21. The molecule has 0 fully saturated rings. The molecule has 0 aliphatic heterocycles. The summed E-state index contributed by atoms with van der Waals surface area (Å²) in [5.74, 6) is -2.48. The van der Waals surface area contributed by atoms with Crippen molar-refractivity contribution in [2.45, 2.75) is 19.4 Å². The van der Waals surface area contributed by atoms with Crippen molar-refractivity contribution in [1.82, 2.24) is 0 Å². The lowest BCUT2D eigenvalue weighted by Gasteiger charge is -2.18. The summed E-state index contributed by atoms with van der Waals surface area (Å²) in [6.45, 7) is 5.32. The molecule has 5 heteroatoms. The van der Waals surface area contributed by atoms with Gasteiger partial charge in [0.15, 0.2) is 6.10 Å². The normalized spacial score (nSPS) is 11.4. The zero-order valence-corrected chi connectivity index (χ0v) is 13.8. The molecule has 1 unspecified atom stereocenters. The number of hydrogen-bond donors (Lipinski definition) is 1. The number of esters is 1. The number of carboxylic acids is 1. The van der Waals surface area contributed by atoms with Gasteiger partial charge in [-0.3, -0.25) is 9.59 Å². The number of carbonyl (C=O) groups is 3. The van der Waals surface area contributed by atoms with Crippen LogP contribution in [0.1, 0.15) is 34.0 Å². The fourth-order valence-corrected chi connectivity index (χ4v) is 2.21. The van der Waals surface area contributed by atoms with Crippen LogP contribution in [-0.4, -0.2) is 22.8 Å². The maximum atomic E-state index is 12.8. The van der Waals surface area contributed by atoms with Gasteiger partial charge in [-0.1, -0.05) is 66.7 Å². The first-order valence-electron chi connectivity index (χ1n) is 7.65. The van der Waals surface area contributed by atoms with Gasteiger partial charge in [-0.2, -0.15) is 0 Å². The van der Waals surface area contributed by atoms with E-state index >= 15 is 0 Å². The SMILES string of the molecule is C=C(CC(=O)O)C(=O)OC(C(=O)c1ccccc1)c1ccc(C)cc1. The van der Waals surface area contributed by atoms with E-state index in [0.717, 1.165) is 5.56 Å². The zero-order chi connectivity index (χ0) is 18.4. The van der Waals surface area contributed by atoms with Gasteiger partial charge in [-0.25, -0.2) is 4.79 Å². The first kappa shape index (κ1) is 18.1. The summed E-state index contributed by atoms with van der Waals surface area (Å²) in [4.78, 5) is 35.6. The lowest BCUT2D eigenvalue weighted by atomic mass is 9.99. The van der Waals surface area contributed by atoms with Gasteiger partial charge in [0.05, 0.1) is 6.42 Å². The van der Waals surface area contributed by atoms with E-state index < -0.39 is 24.5 Å². The van der Waals surface area contributed by atoms with Gasteiger partial charge in [0.1, 0.15) is 0 Å². The van der Waals surface area contributed by atoms with Crippen LogP contribution >= 0.6 is 0 Å². The predicted octanol–water partition coefficient (Wildman–Crippen LogP) is 3.49. The molecule has 0 aliphatic rings. The Morgan fingerprint density at radius 2 is 1.64 bits per heavy atom. The van der Waals surface area contributed by atoms with Crippen molar-refractivity contribution < 1.29 is 24.2 Å². The van der Waals surface area contributed by atoms with Crippen molar-refractivity contribution in [3.8, 4) is 0 Å². The molecular weight excluding hydrogens is 320 g/mol. The average Bonchev–Trinajstić information content (AvgIpc) is 2.60. The summed E-state index contributed by atoms with van der Waals surface area (Å²) in [5.41, 5.74) is 1.68. The van der Waals surface area contributed by atoms with Crippen molar-refractivity contribution in [3.05, 3.63) is 83.4 Å². The summed E-state index contributed by atoms with van der Waals surface area (Å²) in [6.07, 6.45) is -1.71. The number of rotatable bonds is 7. The van der Waals surface area contributed by atoms with Gasteiger partial charge in [0.25, 0.3) is 0 Å². The second-order valence-electron chi connectivity index (χ2n) is 5.60. The number of ether oxygens (including phenoxy) is 1. The highest BCUT2D eigenvalue weighted by Crippen LogP contribution is 2.24. The molecule has 0 bridgehead atoms. The van der Waals surface area contributed by atoms with Crippen molar-refractivity contribution in [1.29, 1.82) is 0 Å². The van der Waals surface area contributed by atoms with E-state index in [1.54, 1.807) is 54.6 Å². The molecule has 1 N–H and O–H groups in total. The highest BCUT2D eigenvalue weighted by atomic mass is 16.5. The third-order valence-corrected chi connectivity index (χ3v) is 3.55. The van der Waals surface area contributed by atoms with Crippen LogP contribution in [0.25, 0.3) is 0 Å². The van der Waals surface area contributed by atoms with Crippen LogP contribution in [-0.2, 0) is 14.3 Å². The largest absolute Gasteiger partial charge is 0.481 e. The number of aliphatic carboxylic acids is 1. The number of Topliss-reactive ketones (excluding diaryl/α,β-unsaturated/α-hetero) is 1. The van der Waals surface area contributed by atoms with E-state index in [4.69, 9.17) is 9.84 Å². The summed E-state index contributed by atoms with van der Waals surface area (Å²) >= 11 is 0. The Balaban J connectivity index is 2.31. The van der Waals surface area contributed by atoms with Crippen molar-refractivity contribution >= 4 is 17.7 Å². The van der Waals surface area contributed by atoms with Gasteiger partial charge >= 0.3 is 11.9 Å². The summed E-state index contributed by atoms with van der Waals surface area (Å²) < 4.78 is 5.30. The second kappa shape index (κ2) is 8.06. The molecule has 0 spiro atoms. The van der Waals surface area contributed by atoms with Crippen LogP contribution < -0.4 is 0 Å². The molecule has 0 heterocycles. The van der Waals surface area contributed by atoms with E-state index in [1.165, 1.54) is 0 Å². The molecule has 0 radical (unpaired) electrons. The van der Waals surface area contributed by atoms with Crippen LogP contribution in [0.4, 0.5) is 0 Å². The monoisotopic (exact) mass is 338 g/mol. The molecule has 2 aromatic carbocycles.